The van der Waals surface area contributed by atoms with Crippen LogP contribution in [0, 0.1) is 0 Å². The van der Waals surface area contributed by atoms with Crippen LogP contribution in [-0.4, -0.2) is 60.6 Å². The summed E-state index contributed by atoms with van der Waals surface area (Å²) >= 11 is 3.48. The van der Waals surface area contributed by atoms with E-state index in [1.54, 1.807) is 87.9 Å². The smallest absolute Gasteiger partial charge is 0.341 e. The van der Waals surface area contributed by atoms with Crippen molar-refractivity contribution in [1.82, 2.24) is 19.1 Å². The van der Waals surface area contributed by atoms with E-state index < -0.39 is 5.97 Å². The second-order valence-electron chi connectivity index (χ2n) is 10.5. The van der Waals surface area contributed by atoms with E-state index in [0.717, 1.165) is 15.6 Å². The lowest BCUT2D eigenvalue weighted by Crippen LogP contribution is -2.23. The van der Waals surface area contributed by atoms with Gasteiger partial charge in [0.15, 0.2) is 0 Å². The average Bonchev–Trinajstić information content (AvgIpc) is 3.15. The fourth-order valence-corrected chi connectivity index (χ4v) is 5.79. The van der Waals surface area contributed by atoms with Gasteiger partial charge in [0.1, 0.15) is 28.6 Å². The lowest BCUT2D eigenvalue weighted by molar-refractivity contribution is 0.0601. The van der Waals surface area contributed by atoms with Crippen LogP contribution < -0.4 is 30.1 Å². The summed E-state index contributed by atoms with van der Waals surface area (Å²) in [4.78, 5) is 46.0. The van der Waals surface area contributed by atoms with Crippen LogP contribution in [0.15, 0.2) is 99.5 Å². The third-order valence-corrected chi connectivity index (χ3v) is 8.29. The third kappa shape index (κ3) is 7.41. The van der Waals surface area contributed by atoms with Crippen molar-refractivity contribution in [2.75, 3.05) is 35.5 Å². The number of rotatable bonds is 9. The summed E-state index contributed by atoms with van der Waals surface area (Å²) in [7, 11) is 7.61. The van der Waals surface area contributed by atoms with Gasteiger partial charge >= 0.3 is 5.97 Å². The molecule has 0 saturated heterocycles. The summed E-state index contributed by atoms with van der Waals surface area (Å²) in [6.07, 6.45) is 6.42. The Morgan fingerprint density at radius 1 is 0.673 bits per heavy atom. The molecule has 0 aliphatic rings. The molecule has 13 heteroatoms. The van der Waals surface area contributed by atoms with E-state index in [2.05, 4.69) is 25.9 Å². The highest BCUT2D eigenvalue weighted by Crippen LogP contribution is 2.27. The maximum absolute atomic E-state index is 12.8. The summed E-state index contributed by atoms with van der Waals surface area (Å²) in [6, 6.07) is 17.7. The molecule has 0 atom stereocenters. The van der Waals surface area contributed by atoms with Crippen molar-refractivity contribution in [3.63, 3.8) is 0 Å². The first-order valence-corrected chi connectivity index (χ1v) is 15.6. The molecule has 0 fully saturated rings. The number of benzene rings is 2. The van der Waals surface area contributed by atoms with Gasteiger partial charge in [-0.25, -0.2) is 4.79 Å². The highest BCUT2D eigenvalue weighted by molar-refractivity contribution is 9.10. The van der Waals surface area contributed by atoms with E-state index in [1.165, 1.54) is 24.1 Å². The summed E-state index contributed by atoms with van der Waals surface area (Å²) in [5.41, 5.74) is 2.54. The van der Waals surface area contributed by atoms with Gasteiger partial charge in [0.25, 0.3) is 11.1 Å². The molecule has 0 unspecified atom stereocenters. The van der Waals surface area contributed by atoms with Crippen LogP contribution in [0.1, 0.15) is 21.5 Å². The van der Waals surface area contributed by atoms with Gasteiger partial charge in [-0.05, 0) is 64.5 Å². The summed E-state index contributed by atoms with van der Waals surface area (Å²) in [5.74, 6) is 2.07. The normalized spacial score (nSPS) is 10.7. The van der Waals surface area contributed by atoms with Crippen LogP contribution in [0.25, 0.3) is 21.8 Å². The van der Waals surface area contributed by atoms with Gasteiger partial charge in [-0.2, -0.15) is 0 Å². The number of pyridine rings is 4. The number of hydrogen-bond acceptors (Lipinski definition) is 10. The number of carbonyl (C=O) groups is 1. The van der Waals surface area contributed by atoms with Crippen LogP contribution in [-0.2, 0) is 17.8 Å². The Hall–Kier alpha value is -5.69. The number of aromatic nitrogens is 4. The zero-order valence-corrected chi connectivity index (χ0v) is 29.0. The van der Waals surface area contributed by atoms with Crippen LogP contribution in [0.4, 0.5) is 0 Å². The van der Waals surface area contributed by atoms with E-state index in [0.29, 0.717) is 51.3 Å². The monoisotopic (exact) mass is 728 g/mol. The molecular formula is C36H33BrN4O8. The van der Waals surface area contributed by atoms with Crippen LogP contribution in [0.2, 0.25) is 0 Å². The maximum atomic E-state index is 12.8. The predicted molar refractivity (Wildman–Crippen MR) is 188 cm³/mol. The highest BCUT2D eigenvalue weighted by atomic mass is 79.9. The van der Waals surface area contributed by atoms with Crippen LogP contribution in [0.5, 0.6) is 23.0 Å². The Labute approximate surface area is 289 Å². The van der Waals surface area contributed by atoms with Crippen LogP contribution >= 0.6 is 15.9 Å². The number of ether oxygens (including phenoxy) is 5. The fraction of sp³-hybridized carbons (Fsp3) is 0.194. The van der Waals surface area contributed by atoms with Crippen molar-refractivity contribution in [3.05, 3.63) is 127 Å². The Morgan fingerprint density at radius 3 is 1.65 bits per heavy atom. The molecule has 4 aromatic heterocycles. The topological polar surface area (TPSA) is 133 Å². The lowest BCUT2D eigenvalue weighted by Gasteiger charge is -2.14. The Balaban J connectivity index is 0.000000192. The first-order chi connectivity index (χ1) is 23.7. The number of methoxy groups -OCH3 is 5. The molecule has 0 saturated carbocycles. The van der Waals surface area contributed by atoms with Crippen LogP contribution in [0.3, 0.4) is 0 Å². The average molecular weight is 730 g/mol. The fourth-order valence-electron chi connectivity index (χ4n) is 5.23. The predicted octanol–water partition coefficient (Wildman–Crippen LogP) is 5.47. The largest absolute Gasteiger partial charge is 0.497 e. The van der Waals surface area contributed by atoms with Gasteiger partial charge in [-0.1, -0.05) is 0 Å². The molecule has 0 aliphatic heterocycles. The Kier molecular flexibility index (Phi) is 10.9. The van der Waals surface area contributed by atoms with Crippen molar-refractivity contribution in [1.29, 1.82) is 0 Å². The van der Waals surface area contributed by atoms with Crippen molar-refractivity contribution in [2.24, 2.45) is 0 Å². The molecule has 49 heavy (non-hydrogen) atoms. The molecule has 6 aromatic rings. The van der Waals surface area contributed by atoms with E-state index >= 15 is 0 Å². The van der Waals surface area contributed by atoms with Crippen molar-refractivity contribution < 1.29 is 28.5 Å². The first kappa shape index (κ1) is 34.6. The molecule has 4 heterocycles. The number of fused-ring (bicyclic) bond motifs is 2. The number of carbonyl (C=O) groups excluding carboxylic acids is 1. The quantitative estimate of drug-likeness (QED) is 0.177. The molecule has 0 aliphatic carbocycles. The SMILES string of the molecule is COC(=O)c1cn(Cc2ccc(OC)cc2OC)c(=O)c2cccnc12.COc1ccc(Cn2cc(Br)c3ncccc3c2=O)c(OC)c1. The third-order valence-electron chi connectivity index (χ3n) is 7.71. The molecule has 0 radical (unpaired) electrons. The van der Waals surface area contributed by atoms with E-state index in [4.69, 9.17) is 23.7 Å². The number of halogens is 1. The van der Waals surface area contributed by atoms with Crippen molar-refractivity contribution in [3.8, 4) is 23.0 Å². The van der Waals surface area contributed by atoms with E-state index in [-0.39, 0.29) is 23.2 Å². The molecule has 6 rings (SSSR count). The summed E-state index contributed by atoms with van der Waals surface area (Å²) in [5, 5.41) is 0.928. The number of esters is 1. The molecule has 252 valence electrons. The minimum atomic E-state index is -0.552. The lowest BCUT2D eigenvalue weighted by atomic mass is 10.1. The molecule has 0 N–H and O–H groups in total. The molecule has 0 bridgehead atoms. The van der Waals surface area contributed by atoms with E-state index in [1.807, 2.05) is 18.2 Å². The second-order valence-corrected chi connectivity index (χ2v) is 11.4. The first-order valence-electron chi connectivity index (χ1n) is 14.8. The minimum Gasteiger partial charge on any atom is -0.497 e. The maximum Gasteiger partial charge on any atom is 0.341 e. The van der Waals surface area contributed by atoms with Crippen molar-refractivity contribution in [2.45, 2.75) is 13.1 Å². The summed E-state index contributed by atoms with van der Waals surface area (Å²) < 4.78 is 29.9. The van der Waals surface area contributed by atoms with Gasteiger partial charge in [0, 0.05) is 48.0 Å². The van der Waals surface area contributed by atoms with Crippen molar-refractivity contribution >= 4 is 43.7 Å². The van der Waals surface area contributed by atoms with E-state index in [9.17, 15) is 14.4 Å². The van der Waals surface area contributed by atoms with Gasteiger partial charge < -0.3 is 32.8 Å². The van der Waals surface area contributed by atoms with Gasteiger partial charge in [-0.3, -0.25) is 19.6 Å². The highest BCUT2D eigenvalue weighted by Gasteiger charge is 2.17. The molecule has 0 spiro atoms. The Bertz CT molecular complexity index is 2270. The number of nitrogens with zero attached hydrogens (tertiary/aromatic N) is 4. The summed E-state index contributed by atoms with van der Waals surface area (Å²) in [6.45, 7) is 0.621. The van der Waals surface area contributed by atoms with Gasteiger partial charge in [-0.15, -0.1) is 0 Å². The molecule has 2 aromatic carbocycles. The molecule has 0 amide bonds. The Morgan fingerprint density at radius 2 is 1.16 bits per heavy atom. The number of hydrogen-bond donors (Lipinski definition) is 0. The van der Waals surface area contributed by atoms with Gasteiger partial charge in [0.2, 0.25) is 0 Å². The molecular weight excluding hydrogens is 696 g/mol. The molecule has 12 nitrogen and oxygen atoms in total. The standard InChI is InChI=1S/C19H18N2O5.C17H15BrN2O3/c1-24-13-7-6-12(16(9-13)25-2)10-21-11-15(19(23)26-3)17-14(18(21)22)5-4-8-20-17;1-22-12-6-5-11(15(8-12)23-2)9-20-10-14(18)16-13(17(20)21)4-3-7-19-16/h4-9,11H,10H2,1-3H3;3-8,10H,9H2,1-2H3. The second kappa shape index (κ2) is 15.5. The van der Waals surface area contributed by atoms with Gasteiger partial charge in [0.05, 0.1) is 74.9 Å². The zero-order chi connectivity index (χ0) is 35.1. The minimum absolute atomic E-state index is 0.0887. The zero-order valence-electron chi connectivity index (χ0n) is 27.4.